The molecule has 2 saturated heterocycles. The van der Waals surface area contributed by atoms with E-state index in [1.54, 1.807) is 0 Å². The third-order valence-corrected chi connectivity index (χ3v) is 4.49. The average Bonchev–Trinajstić information content (AvgIpc) is 2.78. The second-order valence-corrected chi connectivity index (χ2v) is 7.17. The van der Waals surface area contributed by atoms with Gasteiger partial charge in [-0.05, 0) is 57.1 Å². The minimum Gasteiger partial charge on any atom is -0.297 e. The fraction of sp³-hybridized carbons (Fsp3) is 0.929. The van der Waals surface area contributed by atoms with E-state index in [4.69, 9.17) is 0 Å². The first-order chi connectivity index (χ1) is 9.95. The molecule has 1 aromatic rings. The molecular weight excluding hydrogens is 271 g/mol. The van der Waals surface area contributed by atoms with Gasteiger partial charge < -0.3 is 0 Å². The molecule has 2 atom stereocenters. The van der Waals surface area contributed by atoms with Gasteiger partial charge in [0.2, 0.25) is 0 Å². The molecule has 1 aromatic heterocycles. The lowest BCUT2D eigenvalue weighted by molar-refractivity contribution is 0.000779. The second kappa shape index (κ2) is 5.61. The van der Waals surface area contributed by atoms with Crippen LogP contribution in [0.25, 0.3) is 0 Å². The summed E-state index contributed by atoms with van der Waals surface area (Å²) in [6, 6.07) is 0.119. The zero-order valence-electron chi connectivity index (χ0n) is 13.2. The van der Waals surface area contributed by atoms with Gasteiger partial charge >= 0.3 is 0 Å². The number of halogens is 1. The van der Waals surface area contributed by atoms with E-state index >= 15 is 0 Å². The molecule has 2 fully saturated rings. The van der Waals surface area contributed by atoms with Crippen molar-refractivity contribution in [3.63, 3.8) is 0 Å². The Morgan fingerprint density at radius 3 is 2.57 bits per heavy atom. The van der Waals surface area contributed by atoms with Crippen LogP contribution in [0.3, 0.4) is 0 Å². The van der Waals surface area contributed by atoms with E-state index in [1.165, 1.54) is 6.42 Å². The Labute approximate surface area is 125 Å². The maximum Gasteiger partial charge on any atom is 0.165 e. The molecule has 2 unspecified atom stereocenters. The van der Waals surface area contributed by atoms with Crippen LogP contribution in [-0.4, -0.2) is 68.4 Å². The molecule has 0 aromatic carbocycles. The molecular formula is C14H25FN6. The maximum absolute atomic E-state index is 14.4. The Hall–Kier alpha value is -1.08. The number of piperidine rings is 1. The number of likely N-dealkylation sites (tertiary alicyclic amines) is 2. The van der Waals surface area contributed by atoms with Crippen molar-refractivity contribution >= 4 is 0 Å². The van der Waals surface area contributed by atoms with Crippen LogP contribution in [-0.2, 0) is 12.1 Å². The third-order valence-electron chi connectivity index (χ3n) is 4.49. The summed E-state index contributed by atoms with van der Waals surface area (Å²) in [5.41, 5.74) is -0.149. The fourth-order valence-electron chi connectivity index (χ4n) is 3.21. The lowest BCUT2D eigenvalue weighted by Gasteiger charge is -2.44. The van der Waals surface area contributed by atoms with Crippen molar-refractivity contribution in [1.82, 2.24) is 30.0 Å². The van der Waals surface area contributed by atoms with Crippen molar-refractivity contribution < 1.29 is 4.39 Å². The summed E-state index contributed by atoms with van der Waals surface area (Å²) in [5.74, 6) is 0.817. The van der Waals surface area contributed by atoms with Crippen LogP contribution in [0, 0.1) is 0 Å². The van der Waals surface area contributed by atoms with Crippen LogP contribution in [0.1, 0.15) is 39.4 Å². The Kier molecular flexibility index (Phi) is 3.96. The van der Waals surface area contributed by atoms with Crippen LogP contribution in [0.5, 0.6) is 0 Å². The smallest absolute Gasteiger partial charge is 0.165 e. The van der Waals surface area contributed by atoms with Crippen molar-refractivity contribution in [2.45, 2.75) is 57.9 Å². The number of hydrogen-bond acceptors (Lipinski definition) is 5. The summed E-state index contributed by atoms with van der Waals surface area (Å²) in [7, 11) is 0. The van der Waals surface area contributed by atoms with Gasteiger partial charge in [-0.2, -0.15) is 0 Å². The normalized spacial score (nSPS) is 28.6. The van der Waals surface area contributed by atoms with E-state index in [9.17, 15) is 4.39 Å². The van der Waals surface area contributed by atoms with E-state index in [0.29, 0.717) is 13.1 Å². The summed E-state index contributed by atoms with van der Waals surface area (Å²) < 4.78 is 16.2. The van der Waals surface area contributed by atoms with Crippen LogP contribution in [0.15, 0.2) is 0 Å². The zero-order chi connectivity index (χ0) is 15.0. The molecule has 3 rings (SSSR count). The standard InChI is InChI=1S/C14H25FN6/c1-14(2,3)21-13(16-17-18-21)10-19-8-5-12(11(15)9-19)20-6-4-7-20/h11-12H,4-10H2,1-3H3. The van der Waals surface area contributed by atoms with Crippen LogP contribution < -0.4 is 0 Å². The van der Waals surface area contributed by atoms with Gasteiger partial charge in [-0.25, -0.2) is 9.07 Å². The molecule has 0 aliphatic carbocycles. The average molecular weight is 296 g/mol. The van der Waals surface area contributed by atoms with Crippen molar-refractivity contribution in [3.05, 3.63) is 5.82 Å². The van der Waals surface area contributed by atoms with Gasteiger partial charge in [0, 0.05) is 19.1 Å². The summed E-state index contributed by atoms with van der Waals surface area (Å²) in [5, 5.41) is 11.9. The van der Waals surface area contributed by atoms with E-state index < -0.39 is 6.17 Å². The maximum atomic E-state index is 14.4. The molecule has 6 nitrogen and oxygen atoms in total. The van der Waals surface area contributed by atoms with Crippen molar-refractivity contribution in [2.75, 3.05) is 26.2 Å². The molecule has 0 radical (unpaired) electrons. The van der Waals surface area contributed by atoms with E-state index in [2.05, 4.69) is 46.1 Å². The number of aromatic nitrogens is 4. The van der Waals surface area contributed by atoms with Crippen LogP contribution in [0.4, 0.5) is 4.39 Å². The highest BCUT2D eigenvalue weighted by molar-refractivity contribution is 4.93. The molecule has 118 valence electrons. The summed E-state index contributed by atoms with van der Waals surface area (Å²) in [6.07, 6.45) is 1.35. The number of hydrogen-bond donors (Lipinski definition) is 0. The third kappa shape index (κ3) is 3.08. The first kappa shape index (κ1) is 14.8. The Morgan fingerprint density at radius 1 is 1.24 bits per heavy atom. The molecule has 0 amide bonds. The quantitative estimate of drug-likeness (QED) is 0.834. The molecule has 2 aliphatic rings. The lowest BCUT2D eigenvalue weighted by atomic mass is 9.98. The van der Waals surface area contributed by atoms with Gasteiger partial charge in [0.15, 0.2) is 5.82 Å². The monoisotopic (exact) mass is 296 g/mol. The SMILES string of the molecule is CC(C)(C)n1nnnc1CN1CCC(N2CCC2)C(F)C1. The van der Waals surface area contributed by atoms with Crippen LogP contribution in [0.2, 0.25) is 0 Å². The van der Waals surface area contributed by atoms with Gasteiger partial charge in [-0.1, -0.05) is 0 Å². The predicted molar refractivity (Wildman–Crippen MR) is 77.6 cm³/mol. The molecule has 0 bridgehead atoms. The largest absolute Gasteiger partial charge is 0.297 e. The van der Waals surface area contributed by atoms with E-state index in [-0.39, 0.29) is 11.6 Å². The number of alkyl halides is 1. The van der Waals surface area contributed by atoms with Crippen molar-refractivity contribution in [3.8, 4) is 0 Å². The van der Waals surface area contributed by atoms with Crippen molar-refractivity contribution in [2.24, 2.45) is 0 Å². The molecule has 7 heteroatoms. The topological polar surface area (TPSA) is 50.1 Å². The van der Waals surface area contributed by atoms with E-state index in [0.717, 1.165) is 31.9 Å². The van der Waals surface area contributed by atoms with Gasteiger partial charge in [0.25, 0.3) is 0 Å². The lowest BCUT2D eigenvalue weighted by Crippen LogP contribution is -2.56. The molecule has 21 heavy (non-hydrogen) atoms. The van der Waals surface area contributed by atoms with Gasteiger partial charge in [0.1, 0.15) is 6.17 Å². The molecule has 3 heterocycles. The van der Waals surface area contributed by atoms with Gasteiger partial charge in [0.05, 0.1) is 12.1 Å². The number of rotatable bonds is 3. The highest BCUT2D eigenvalue weighted by Gasteiger charge is 2.36. The predicted octanol–water partition coefficient (Wildman–Crippen LogP) is 1.05. The molecule has 0 N–H and O–H groups in total. The second-order valence-electron chi connectivity index (χ2n) is 7.17. The minimum absolute atomic E-state index is 0.119. The first-order valence-electron chi connectivity index (χ1n) is 7.83. The van der Waals surface area contributed by atoms with Gasteiger partial charge in [-0.15, -0.1) is 5.10 Å². The first-order valence-corrected chi connectivity index (χ1v) is 7.83. The highest BCUT2D eigenvalue weighted by atomic mass is 19.1. The minimum atomic E-state index is -0.766. The molecule has 2 aliphatic heterocycles. The number of nitrogens with zero attached hydrogens (tertiary/aromatic N) is 6. The number of tetrazole rings is 1. The Bertz CT molecular complexity index is 478. The molecule has 0 spiro atoms. The Balaban J connectivity index is 1.61. The van der Waals surface area contributed by atoms with Crippen molar-refractivity contribution in [1.29, 1.82) is 0 Å². The van der Waals surface area contributed by atoms with Crippen LogP contribution >= 0.6 is 0 Å². The van der Waals surface area contributed by atoms with Gasteiger partial charge in [-0.3, -0.25) is 9.80 Å². The summed E-state index contributed by atoms with van der Waals surface area (Å²) >= 11 is 0. The van der Waals surface area contributed by atoms with E-state index in [1.807, 2.05) is 4.68 Å². The zero-order valence-corrected chi connectivity index (χ0v) is 13.2. The molecule has 0 saturated carbocycles. The fourth-order valence-corrected chi connectivity index (χ4v) is 3.21. The Morgan fingerprint density at radius 2 is 2.00 bits per heavy atom. The highest BCUT2D eigenvalue weighted by Crippen LogP contribution is 2.25. The summed E-state index contributed by atoms with van der Waals surface area (Å²) in [4.78, 5) is 4.41. The summed E-state index contributed by atoms with van der Waals surface area (Å²) in [6.45, 7) is 10.4.